The van der Waals surface area contributed by atoms with Gasteiger partial charge in [0.05, 0.1) is 11.4 Å². The molecule has 0 saturated heterocycles. The van der Waals surface area contributed by atoms with Gasteiger partial charge in [0.25, 0.3) is 5.91 Å². The molecule has 2 aromatic carbocycles. The largest absolute Gasteiger partial charge is 0.368 e. The van der Waals surface area contributed by atoms with Crippen molar-refractivity contribution in [1.82, 2.24) is 9.38 Å². The summed E-state index contributed by atoms with van der Waals surface area (Å²) in [7, 11) is 0. The molecule has 0 saturated carbocycles. The van der Waals surface area contributed by atoms with Gasteiger partial charge in [0.1, 0.15) is 17.4 Å². The smallest absolute Gasteiger partial charge is 0.271 e. The van der Waals surface area contributed by atoms with Crippen molar-refractivity contribution in [2.24, 2.45) is 10.8 Å². The van der Waals surface area contributed by atoms with E-state index in [2.05, 4.69) is 15.4 Å². The molecule has 2 amide bonds. The van der Waals surface area contributed by atoms with Crippen LogP contribution in [0.25, 0.3) is 16.9 Å². The Morgan fingerprint density at radius 1 is 0.969 bits per heavy atom. The number of anilines is 2. The van der Waals surface area contributed by atoms with Crippen LogP contribution >= 0.6 is 0 Å². The molecule has 0 aliphatic carbocycles. The summed E-state index contributed by atoms with van der Waals surface area (Å²) in [6, 6.07) is 21.7. The number of benzene rings is 2. The molecular weight excluding hydrogens is 404 g/mol. The van der Waals surface area contributed by atoms with Crippen LogP contribution in [0, 0.1) is 0 Å². The van der Waals surface area contributed by atoms with Gasteiger partial charge in [0, 0.05) is 30.1 Å². The van der Waals surface area contributed by atoms with E-state index in [0.29, 0.717) is 11.4 Å². The fraction of sp³-hybridized carbons (Fsp3) is 0.0833. The fourth-order valence-electron chi connectivity index (χ4n) is 3.69. The minimum atomic E-state index is -0.699. The number of nitrogens with one attached hydrogen (secondary N) is 1. The molecule has 8 heteroatoms. The standard InChI is InChI=1S/C24H20N6O2/c25-23(31)21-14-19(28-30(21)18-6-2-1-3-7-18)24(32)26-17-11-9-16(10-12-17)20-15-29-13-5-4-8-22(29)27-20/h1-13,15,21H,14H2,(H2,25,31)(H,26,32). The van der Waals surface area contributed by atoms with E-state index in [1.807, 2.05) is 89.6 Å². The molecule has 1 aliphatic heterocycles. The first-order chi connectivity index (χ1) is 15.6. The van der Waals surface area contributed by atoms with Gasteiger partial charge in [0.2, 0.25) is 5.91 Å². The minimum absolute atomic E-state index is 0.148. The van der Waals surface area contributed by atoms with Crippen LogP contribution in [0.4, 0.5) is 11.4 Å². The Labute approximate surface area is 184 Å². The lowest BCUT2D eigenvalue weighted by atomic mass is 10.1. The van der Waals surface area contributed by atoms with Crippen molar-refractivity contribution >= 4 is 34.5 Å². The molecule has 4 aromatic rings. The van der Waals surface area contributed by atoms with Gasteiger partial charge < -0.3 is 15.5 Å². The second kappa shape index (κ2) is 7.99. The molecular formula is C24H20N6O2. The van der Waals surface area contributed by atoms with Crippen LogP contribution in [-0.2, 0) is 9.59 Å². The van der Waals surface area contributed by atoms with Gasteiger partial charge in [0.15, 0.2) is 0 Å². The average molecular weight is 424 g/mol. The molecule has 8 nitrogen and oxygen atoms in total. The molecule has 3 heterocycles. The number of nitrogens with two attached hydrogens (primary N) is 1. The third-order valence-electron chi connectivity index (χ3n) is 5.32. The van der Waals surface area contributed by atoms with Gasteiger partial charge in [-0.05, 0) is 36.4 Å². The summed E-state index contributed by atoms with van der Waals surface area (Å²) < 4.78 is 1.96. The first kappa shape index (κ1) is 19.5. The number of primary amides is 1. The Hall–Kier alpha value is -4.46. The predicted molar refractivity (Wildman–Crippen MR) is 123 cm³/mol. The molecule has 0 radical (unpaired) electrons. The molecule has 1 unspecified atom stereocenters. The molecule has 32 heavy (non-hydrogen) atoms. The van der Waals surface area contributed by atoms with Crippen molar-refractivity contribution in [3.8, 4) is 11.3 Å². The number of hydrogen-bond donors (Lipinski definition) is 2. The number of para-hydroxylation sites is 1. The number of aromatic nitrogens is 2. The summed E-state index contributed by atoms with van der Waals surface area (Å²) in [6.45, 7) is 0. The molecule has 0 fully saturated rings. The van der Waals surface area contributed by atoms with Crippen LogP contribution in [0.1, 0.15) is 6.42 Å². The maximum Gasteiger partial charge on any atom is 0.271 e. The van der Waals surface area contributed by atoms with Crippen LogP contribution in [-0.4, -0.2) is 33.0 Å². The van der Waals surface area contributed by atoms with Crippen molar-refractivity contribution < 1.29 is 9.59 Å². The number of pyridine rings is 1. The summed E-state index contributed by atoms with van der Waals surface area (Å²) in [5.41, 5.74) is 9.78. The highest BCUT2D eigenvalue weighted by Crippen LogP contribution is 2.25. The maximum atomic E-state index is 12.8. The predicted octanol–water partition coefficient (Wildman–Crippen LogP) is 3.06. The highest BCUT2D eigenvalue weighted by Gasteiger charge is 2.34. The van der Waals surface area contributed by atoms with E-state index in [4.69, 9.17) is 5.73 Å². The molecule has 5 rings (SSSR count). The molecule has 0 spiro atoms. The summed E-state index contributed by atoms with van der Waals surface area (Å²) >= 11 is 0. The van der Waals surface area contributed by atoms with Crippen molar-refractivity contribution in [3.63, 3.8) is 0 Å². The van der Waals surface area contributed by atoms with E-state index in [1.54, 1.807) is 0 Å². The monoisotopic (exact) mass is 424 g/mol. The summed E-state index contributed by atoms with van der Waals surface area (Å²) in [5.74, 6) is -0.896. The minimum Gasteiger partial charge on any atom is -0.368 e. The summed E-state index contributed by atoms with van der Waals surface area (Å²) in [6.07, 6.45) is 4.05. The quantitative estimate of drug-likeness (QED) is 0.514. The molecule has 2 aromatic heterocycles. The highest BCUT2D eigenvalue weighted by atomic mass is 16.2. The van der Waals surface area contributed by atoms with Crippen LogP contribution in [0.15, 0.2) is 90.3 Å². The van der Waals surface area contributed by atoms with Crippen LogP contribution in [0.5, 0.6) is 0 Å². The number of fused-ring (bicyclic) bond motifs is 1. The number of rotatable bonds is 5. The normalized spacial score (nSPS) is 15.6. The number of nitrogens with zero attached hydrogens (tertiary/aromatic N) is 4. The lowest BCUT2D eigenvalue weighted by Gasteiger charge is -2.20. The van der Waals surface area contributed by atoms with Crippen LogP contribution in [0.3, 0.4) is 0 Å². The van der Waals surface area contributed by atoms with E-state index < -0.39 is 11.9 Å². The summed E-state index contributed by atoms with van der Waals surface area (Å²) in [4.78, 5) is 29.3. The van der Waals surface area contributed by atoms with E-state index in [-0.39, 0.29) is 18.0 Å². The number of amides is 2. The molecule has 0 bridgehead atoms. The third kappa shape index (κ3) is 3.69. The second-order valence-corrected chi connectivity index (χ2v) is 7.47. The van der Waals surface area contributed by atoms with Gasteiger partial charge in [-0.15, -0.1) is 0 Å². The van der Waals surface area contributed by atoms with Gasteiger partial charge >= 0.3 is 0 Å². The maximum absolute atomic E-state index is 12.8. The van der Waals surface area contributed by atoms with Gasteiger partial charge in [-0.1, -0.05) is 36.4 Å². The van der Waals surface area contributed by atoms with Crippen molar-refractivity contribution in [3.05, 3.63) is 85.2 Å². The van der Waals surface area contributed by atoms with Crippen molar-refractivity contribution in [1.29, 1.82) is 0 Å². The molecule has 158 valence electrons. The Balaban J connectivity index is 1.33. The Bertz CT molecular complexity index is 1290. The van der Waals surface area contributed by atoms with Crippen LogP contribution < -0.4 is 16.1 Å². The van der Waals surface area contributed by atoms with E-state index in [9.17, 15) is 9.59 Å². The lowest BCUT2D eigenvalue weighted by molar-refractivity contribution is -0.119. The van der Waals surface area contributed by atoms with Crippen molar-refractivity contribution in [2.75, 3.05) is 10.3 Å². The SMILES string of the molecule is NC(=O)C1CC(C(=O)Nc2ccc(-c3cn4ccccc4n3)cc2)=NN1c1ccccc1. The first-order valence-electron chi connectivity index (χ1n) is 10.1. The lowest BCUT2D eigenvalue weighted by Crippen LogP contribution is -2.39. The number of carbonyl (C=O) groups is 2. The summed E-state index contributed by atoms with van der Waals surface area (Å²) in [5, 5.41) is 8.72. The zero-order chi connectivity index (χ0) is 22.1. The molecule has 1 aliphatic rings. The topological polar surface area (TPSA) is 105 Å². The Morgan fingerprint density at radius 2 is 1.72 bits per heavy atom. The van der Waals surface area contributed by atoms with E-state index in [0.717, 1.165) is 16.9 Å². The number of imidazole rings is 1. The fourth-order valence-corrected chi connectivity index (χ4v) is 3.69. The van der Waals surface area contributed by atoms with Crippen molar-refractivity contribution in [2.45, 2.75) is 12.5 Å². The third-order valence-corrected chi connectivity index (χ3v) is 5.32. The molecule has 1 atom stereocenters. The van der Waals surface area contributed by atoms with Gasteiger partial charge in [-0.3, -0.25) is 14.6 Å². The van der Waals surface area contributed by atoms with E-state index >= 15 is 0 Å². The zero-order valence-electron chi connectivity index (χ0n) is 17.1. The first-order valence-corrected chi connectivity index (χ1v) is 10.1. The van der Waals surface area contributed by atoms with Gasteiger partial charge in [-0.25, -0.2) is 4.98 Å². The Kier molecular flexibility index (Phi) is 4.87. The molecule has 3 N–H and O–H groups in total. The van der Waals surface area contributed by atoms with E-state index in [1.165, 1.54) is 5.01 Å². The second-order valence-electron chi connectivity index (χ2n) is 7.47. The number of carbonyl (C=O) groups excluding carboxylic acids is 2. The number of hydrogen-bond acceptors (Lipinski definition) is 5. The Morgan fingerprint density at radius 3 is 2.44 bits per heavy atom. The average Bonchev–Trinajstić information content (AvgIpc) is 3.45. The number of hydrazone groups is 1. The highest BCUT2D eigenvalue weighted by molar-refractivity contribution is 6.44. The zero-order valence-corrected chi connectivity index (χ0v) is 17.1. The van der Waals surface area contributed by atoms with Crippen LogP contribution in [0.2, 0.25) is 0 Å². The van der Waals surface area contributed by atoms with Gasteiger partial charge in [-0.2, -0.15) is 5.10 Å².